The molecule has 1 aliphatic heterocycles. The van der Waals surface area contributed by atoms with Crippen LogP contribution >= 0.6 is 11.8 Å². The van der Waals surface area contributed by atoms with E-state index >= 15 is 0 Å². The molecule has 1 aliphatic rings. The maximum Gasteiger partial charge on any atom is 0.266 e. The number of hydrogen-bond acceptors (Lipinski definition) is 4. The van der Waals surface area contributed by atoms with Gasteiger partial charge in [-0.3, -0.25) is 10.2 Å². The number of nitrogens with zero attached hydrogens (tertiary/aromatic N) is 1. The minimum Gasteiger partial charge on any atom is -0.319 e. The fraction of sp³-hybridized carbons (Fsp3) is 0.750. The lowest BCUT2D eigenvalue weighted by Gasteiger charge is -2.34. The topological polar surface area (TPSA) is 53.5 Å². The van der Waals surface area contributed by atoms with Gasteiger partial charge in [0.25, 0.3) is 5.91 Å². The van der Waals surface area contributed by atoms with E-state index in [9.17, 15) is 4.79 Å². The van der Waals surface area contributed by atoms with Gasteiger partial charge in [0.05, 0.1) is 0 Å². The Balaban J connectivity index is 2.59. The second kappa shape index (κ2) is 4.50. The van der Waals surface area contributed by atoms with E-state index in [1.165, 1.54) is 6.21 Å². The monoisotopic (exact) mass is 201 g/mol. The zero-order chi connectivity index (χ0) is 9.73. The molecule has 0 bridgehead atoms. The molecule has 13 heavy (non-hydrogen) atoms. The number of thioether (sulfide) groups is 1. The van der Waals surface area contributed by atoms with E-state index in [0.29, 0.717) is 0 Å². The van der Waals surface area contributed by atoms with Crippen molar-refractivity contribution in [3.8, 4) is 0 Å². The molecule has 2 N–H and O–H groups in total. The fourth-order valence-electron chi connectivity index (χ4n) is 1.20. The quantitative estimate of drug-likeness (QED) is 0.710. The Morgan fingerprint density at radius 3 is 3.00 bits per heavy atom. The highest BCUT2D eigenvalue weighted by molar-refractivity contribution is 7.99. The summed E-state index contributed by atoms with van der Waals surface area (Å²) in [4.78, 5) is 10.7. The van der Waals surface area contributed by atoms with Gasteiger partial charge in [-0.1, -0.05) is 13.3 Å². The zero-order valence-electron chi connectivity index (χ0n) is 7.96. The summed E-state index contributed by atoms with van der Waals surface area (Å²) in [6.45, 7) is 2.13. The fourth-order valence-corrected chi connectivity index (χ4v) is 1.89. The van der Waals surface area contributed by atoms with Gasteiger partial charge in [-0.05, 0) is 12.7 Å². The van der Waals surface area contributed by atoms with E-state index in [4.69, 9.17) is 0 Å². The molecule has 0 radical (unpaired) electrons. The lowest BCUT2D eigenvalue weighted by atomic mass is 10.2. The molecule has 1 unspecified atom stereocenters. The van der Waals surface area contributed by atoms with E-state index in [1.807, 2.05) is 6.26 Å². The summed E-state index contributed by atoms with van der Waals surface area (Å²) in [7, 11) is 0. The van der Waals surface area contributed by atoms with E-state index in [1.54, 1.807) is 11.8 Å². The van der Waals surface area contributed by atoms with Crippen LogP contribution in [-0.4, -0.2) is 23.4 Å². The molecule has 0 aliphatic carbocycles. The Hall–Kier alpha value is -0.710. The Bertz CT molecular complexity index is 219. The SMILES string of the molecule is CCCCC1(SC)NN=CC(=O)N1. The molecular weight excluding hydrogens is 186 g/mol. The molecule has 74 valence electrons. The van der Waals surface area contributed by atoms with Gasteiger partial charge >= 0.3 is 0 Å². The third-order valence-electron chi connectivity index (χ3n) is 1.98. The van der Waals surface area contributed by atoms with Crippen molar-refractivity contribution in [3.05, 3.63) is 0 Å². The Kier molecular flexibility index (Phi) is 3.59. The highest BCUT2D eigenvalue weighted by atomic mass is 32.2. The van der Waals surface area contributed by atoms with Crippen molar-refractivity contribution in [2.24, 2.45) is 5.10 Å². The van der Waals surface area contributed by atoms with Crippen LogP contribution in [0, 0.1) is 0 Å². The van der Waals surface area contributed by atoms with E-state index in [2.05, 4.69) is 22.8 Å². The van der Waals surface area contributed by atoms with Gasteiger partial charge in [-0.2, -0.15) is 5.10 Å². The molecule has 1 heterocycles. The molecule has 1 amide bonds. The lowest BCUT2D eigenvalue weighted by Crippen LogP contribution is -2.57. The standard InChI is InChI=1S/C8H15N3OS/c1-3-4-5-8(13-2)10-7(12)6-9-11-8/h6,11H,3-5H2,1-2H3,(H,10,12). The van der Waals surface area contributed by atoms with Crippen LogP contribution in [-0.2, 0) is 4.79 Å². The molecule has 0 saturated carbocycles. The number of nitrogens with one attached hydrogen (secondary N) is 2. The van der Waals surface area contributed by atoms with Gasteiger partial charge in [0.1, 0.15) is 6.21 Å². The van der Waals surface area contributed by atoms with E-state index in [0.717, 1.165) is 19.3 Å². The number of carbonyl (C=O) groups excluding carboxylic acids is 1. The van der Waals surface area contributed by atoms with Gasteiger partial charge < -0.3 is 5.32 Å². The first-order valence-corrected chi connectivity index (χ1v) is 5.62. The molecule has 0 aromatic heterocycles. The Labute approximate surface area is 82.5 Å². The number of unbranched alkanes of at least 4 members (excludes halogenated alkanes) is 1. The third kappa shape index (κ3) is 2.62. The number of amides is 1. The van der Waals surface area contributed by atoms with Crippen molar-refractivity contribution in [3.63, 3.8) is 0 Å². The summed E-state index contributed by atoms with van der Waals surface area (Å²) < 4.78 is 0. The smallest absolute Gasteiger partial charge is 0.266 e. The predicted molar refractivity (Wildman–Crippen MR) is 55.5 cm³/mol. The summed E-state index contributed by atoms with van der Waals surface area (Å²) in [6.07, 6.45) is 6.31. The van der Waals surface area contributed by atoms with Crippen LogP contribution in [0.1, 0.15) is 26.2 Å². The van der Waals surface area contributed by atoms with Crippen molar-refractivity contribution in [1.29, 1.82) is 0 Å². The molecule has 0 aromatic rings. The molecule has 1 atom stereocenters. The number of hydrogen-bond donors (Lipinski definition) is 2. The molecule has 5 heteroatoms. The van der Waals surface area contributed by atoms with Gasteiger partial charge in [0.2, 0.25) is 0 Å². The van der Waals surface area contributed by atoms with Crippen LogP contribution in [0.3, 0.4) is 0 Å². The predicted octanol–water partition coefficient (Wildman–Crippen LogP) is 0.899. The van der Waals surface area contributed by atoms with Gasteiger partial charge in [0.15, 0.2) is 4.99 Å². The first-order chi connectivity index (χ1) is 6.22. The van der Waals surface area contributed by atoms with Crippen molar-refractivity contribution < 1.29 is 4.79 Å². The molecule has 0 saturated heterocycles. The van der Waals surface area contributed by atoms with Crippen LogP contribution in [0.25, 0.3) is 0 Å². The Morgan fingerprint density at radius 1 is 1.69 bits per heavy atom. The first-order valence-electron chi connectivity index (χ1n) is 4.40. The minimum absolute atomic E-state index is 0.121. The maximum atomic E-state index is 11.1. The van der Waals surface area contributed by atoms with Crippen LogP contribution < -0.4 is 10.7 Å². The van der Waals surface area contributed by atoms with Crippen LogP contribution in [0.4, 0.5) is 0 Å². The molecule has 0 spiro atoms. The molecule has 4 nitrogen and oxygen atoms in total. The minimum atomic E-state index is -0.387. The second-order valence-corrected chi connectivity index (χ2v) is 4.10. The third-order valence-corrected chi connectivity index (χ3v) is 3.08. The normalized spacial score (nSPS) is 26.8. The molecule has 0 fully saturated rings. The average Bonchev–Trinajstić information content (AvgIpc) is 2.15. The van der Waals surface area contributed by atoms with Gasteiger partial charge in [-0.25, -0.2) is 0 Å². The number of carbonyl (C=O) groups is 1. The highest BCUT2D eigenvalue weighted by Gasteiger charge is 2.31. The number of rotatable bonds is 4. The highest BCUT2D eigenvalue weighted by Crippen LogP contribution is 2.24. The van der Waals surface area contributed by atoms with Gasteiger partial charge in [0, 0.05) is 6.42 Å². The summed E-state index contributed by atoms with van der Waals surface area (Å²) in [5.74, 6) is -0.121. The van der Waals surface area contributed by atoms with Crippen molar-refractivity contribution in [1.82, 2.24) is 10.7 Å². The largest absolute Gasteiger partial charge is 0.319 e. The summed E-state index contributed by atoms with van der Waals surface area (Å²) in [5, 5.41) is 6.71. The van der Waals surface area contributed by atoms with Crippen molar-refractivity contribution in [2.75, 3.05) is 6.26 Å². The second-order valence-electron chi connectivity index (χ2n) is 2.99. The Morgan fingerprint density at radius 2 is 2.46 bits per heavy atom. The summed E-state index contributed by atoms with van der Waals surface area (Å²) in [6, 6.07) is 0. The van der Waals surface area contributed by atoms with Crippen LogP contribution in [0.15, 0.2) is 5.10 Å². The summed E-state index contributed by atoms with van der Waals surface area (Å²) in [5.41, 5.74) is 2.95. The van der Waals surface area contributed by atoms with Crippen molar-refractivity contribution in [2.45, 2.75) is 31.2 Å². The molecular formula is C8H15N3OS. The average molecular weight is 201 g/mol. The zero-order valence-corrected chi connectivity index (χ0v) is 8.78. The maximum absolute atomic E-state index is 11.1. The van der Waals surface area contributed by atoms with E-state index in [-0.39, 0.29) is 10.9 Å². The van der Waals surface area contributed by atoms with Crippen molar-refractivity contribution >= 4 is 23.9 Å². The van der Waals surface area contributed by atoms with Gasteiger partial charge in [-0.15, -0.1) is 11.8 Å². The van der Waals surface area contributed by atoms with Crippen LogP contribution in [0.5, 0.6) is 0 Å². The molecule has 0 aromatic carbocycles. The van der Waals surface area contributed by atoms with Crippen LogP contribution in [0.2, 0.25) is 0 Å². The number of hydrazone groups is 1. The summed E-state index contributed by atoms with van der Waals surface area (Å²) >= 11 is 1.58. The molecule has 1 rings (SSSR count). The lowest BCUT2D eigenvalue weighted by molar-refractivity contribution is -0.116. The van der Waals surface area contributed by atoms with E-state index < -0.39 is 0 Å². The first kappa shape index (κ1) is 10.4.